The van der Waals surface area contributed by atoms with Crippen molar-refractivity contribution in [2.75, 3.05) is 6.54 Å². The summed E-state index contributed by atoms with van der Waals surface area (Å²) in [5.41, 5.74) is 3.51. The molecule has 2 aromatic rings. The molecule has 0 unspecified atom stereocenters. The molecular weight excluding hydrogens is 372 g/mol. The molecule has 1 aliphatic carbocycles. The van der Waals surface area contributed by atoms with Crippen molar-refractivity contribution in [3.8, 4) is 0 Å². The second-order valence-corrected chi connectivity index (χ2v) is 7.44. The van der Waals surface area contributed by atoms with E-state index in [-0.39, 0.29) is 11.8 Å². The molecule has 0 fully saturated rings. The highest BCUT2D eigenvalue weighted by Crippen LogP contribution is 2.19. The fraction of sp³-hybridized carbons (Fsp3) is 0.304. The standard InChI is InChI=1S/C23H25ClN2O2/c24-21-12-6-18(7-13-21)16-26-23(28)20-10-8-19(9-11-20)22(27)25-15-14-17-4-2-1-3-5-17/h4,6-13H,1-3,5,14-16H2,(H,25,27)(H,26,28). The van der Waals surface area contributed by atoms with Crippen LogP contribution in [-0.2, 0) is 6.54 Å². The van der Waals surface area contributed by atoms with E-state index in [0.29, 0.717) is 29.2 Å². The minimum atomic E-state index is -0.175. The number of amides is 2. The van der Waals surface area contributed by atoms with E-state index in [1.165, 1.54) is 18.4 Å². The highest BCUT2D eigenvalue weighted by molar-refractivity contribution is 6.30. The highest BCUT2D eigenvalue weighted by Gasteiger charge is 2.10. The molecule has 0 aliphatic heterocycles. The molecule has 5 heteroatoms. The van der Waals surface area contributed by atoms with Crippen LogP contribution in [0.3, 0.4) is 0 Å². The third kappa shape index (κ3) is 5.96. The lowest BCUT2D eigenvalue weighted by atomic mass is 9.97. The van der Waals surface area contributed by atoms with E-state index in [4.69, 9.17) is 11.6 Å². The first-order valence-electron chi connectivity index (χ1n) is 9.70. The van der Waals surface area contributed by atoms with Crippen molar-refractivity contribution < 1.29 is 9.59 Å². The summed E-state index contributed by atoms with van der Waals surface area (Å²) in [7, 11) is 0. The minimum Gasteiger partial charge on any atom is -0.352 e. The van der Waals surface area contributed by atoms with Crippen LogP contribution in [0.1, 0.15) is 58.4 Å². The Morgan fingerprint density at radius 3 is 2.11 bits per heavy atom. The zero-order valence-corrected chi connectivity index (χ0v) is 16.6. The molecule has 0 spiro atoms. The Morgan fingerprint density at radius 1 is 0.857 bits per heavy atom. The zero-order valence-electron chi connectivity index (χ0n) is 15.8. The Hall–Kier alpha value is -2.59. The van der Waals surface area contributed by atoms with Crippen molar-refractivity contribution >= 4 is 23.4 Å². The molecule has 0 bridgehead atoms. The maximum absolute atomic E-state index is 12.3. The van der Waals surface area contributed by atoms with Crippen LogP contribution in [0.5, 0.6) is 0 Å². The van der Waals surface area contributed by atoms with Gasteiger partial charge in [0.1, 0.15) is 0 Å². The number of carbonyl (C=O) groups excluding carboxylic acids is 2. The first-order chi connectivity index (χ1) is 13.6. The number of hydrogen-bond acceptors (Lipinski definition) is 2. The van der Waals surface area contributed by atoms with E-state index in [9.17, 15) is 9.59 Å². The number of carbonyl (C=O) groups is 2. The first-order valence-corrected chi connectivity index (χ1v) is 10.1. The largest absolute Gasteiger partial charge is 0.352 e. The normalized spacial score (nSPS) is 13.5. The van der Waals surface area contributed by atoms with Crippen molar-refractivity contribution in [2.45, 2.75) is 38.6 Å². The average molecular weight is 397 g/mol. The van der Waals surface area contributed by atoms with E-state index in [2.05, 4.69) is 16.7 Å². The summed E-state index contributed by atoms with van der Waals surface area (Å²) < 4.78 is 0. The van der Waals surface area contributed by atoms with Crippen molar-refractivity contribution in [3.63, 3.8) is 0 Å². The molecule has 0 atom stereocenters. The first kappa shape index (κ1) is 20.2. The van der Waals surface area contributed by atoms with Crippen LogP contribution in [0.15, 0.2) is 60.2 Å². The van der Waals surface area contributed by atoms with Crippen LogP contribution in [0.4, 0.5) is 0 Å². The Bertz CT molecular complexity index is 842. The van der Waals surface area contributed by atoms with Crippen molar-refractivity contribution in [1.82, 2.24) is 10.6 Å². The monoisotopic (exact) mass is 396 g/mol. The van der Waals surface area contributed by atoms with E-state index in [1.807, 2.05) is 12.1 Å². The van der Waals surface area contributed by atoms with Crippen LogP contribution < -0.4 is 10.6 Å². The molecule has 0 saturated heterocycles. The summed E-state index contributed by atoms with van der Waals surface area (Å²) >= 11 is 5.86. The molecule has 0 heterocycles. The molecular formula is C23H25ClN2O2. The van der Waals surface area contributed by atoms with Gasteiger partial charge in [-0.05, 0) is 74.1 Å². The van der Waals surface area contributed by atoms with Crippen LogP contribution in [0, 0.1) is 0 Å². The predicted molar refractivity (Wildman–Crippen MR) is 113 cm³/mol. The van der Waals surface area contributed by atoms with Gasteiger partial charge in [0.05, 0.1) is 0 Å². The highest BCUT2D eigenvalue weighted by atomic mass is 35.5. The van der Waals surface area contributed by atoms with Gasteiger partial charge < -0.3 is 10.6 Å². The topological polar surface area (TPSA) is 58.2 Å². The van der Waals surface area contributed by atoms with Gasteiger partial charge in [0.15, 0.2) is 0 Å². The lowest BCUT2D eigenvalue weighted by Gasteiger charge is -2.13. The third-order valence-electron chi connectivity index (χ3n) is 4.89. The quantitative estimate of drug-likeness (QED) is 0.654. The summed E-state index contributed by atoms with van der Waals surface area (Å²) in [6.45, 7) is 1.07. The Labute approximate surface area is 171 Å². The summed E-state index contributed by atoms with van der Waals surface area (Å²) in [6.07, 6.45) is 8.04. The summed E-state index contributed by atoms with van der Waals surface area (Å²) in [6, 6.07) is 14.1. The van der Waals surface area contributed by atoms with Crippen LogP contribution in [0.2, 0.25) is 5.02 Å². The SMILES string of the molecule is O=C(NCCC1=CCCCC1)c1ccc(C(=O)NCc2ccc(Cl)cc2)cc1. The second-order valence-electron chi connectivity index (χ2n) is 7.00. The summed E-state index contributed by atoms with van der Waals surface area (Å²) in [5.74, 6) is -0.282. The summed E-state index contributed by atoms with van der Waals surface area (Å²) in [5, 5.41) is 6.49. The number of nitrogens with one attached hydrogen (secondary N) is 2. The van der Waals surface area contributed by atoms with Crippen LogP contribution in [-0.4, -0.2) is 18.4 Å². The van der Waals surface area contributed by atoms with Gasteiger partial charge in [-0.15, -0.1) is 0 Å². The molecule has 0 saturated carbocycles. The fourth-order valence-corrected chi connectivity index (χ4v) is 3.36. The number of benzene rings is 2. The third-order valence-corrected chi connectivity index (χ3v) is 5.14. The van der Waals surface area contributed by atoms with Crippen LogP contribution >= 0.6 is 11.6 Å². The smallest absolute Gasteiger partial charge is 0.251 e. The maximum atomic E-state index is 12.3. The number of hydrogen-bond donors (Lipinski definition) is 2. The van der Waals surface area contributed by atoms with Crippen molar-refractivity contribution in [3.05, 3.63) is 81.9 Å². The lowest BCUT2D eigenvalue weighted by molar-refractivity contribution is 0.0940. The molecule has 2 amide bonds. The second kappa shape index (κ2) is 10.1. The van der Waals surface area contributed by atoms with Gasteiger partial charge in [0.25, 0.3) is 11.8 Å². The fourth-order valence-electron chi connectivity index (χ4n) is 3.23. The van der Waals surface area contributed by atoms with E-state index < -0.39 is 0 Å². The van der Waals surface area contributed by atoms with E-state index in [1.54, 1.807) is 36.4 Å². The zero-order chi connectivity index (χ0) is 19.8. The number of rotatable bonds is 7. The van der Waals surface area contributed by atoms with Gasteiger partial charge in [-0.3, -0.25) is 9.59 Å². The molecule has 28 heavy (non-hydrogen) atoms. The number of allylic oxidation sites excluding steroid dienone is 1. The Morgan fingerprint density at radius 2 is 1.50 bits per heavy atom. The number of halogens is 1. The average Bonchev–Trinajstić information content (AvgIpc) is 2.74. The molecule has 1 aliphatic rings. The summed E-state index contributed by atoms with van der Waals surface area (Å²) in [4.78, 5) is 24.5. The van der Waals surface area contributed by atoms with E-state index in [0.717, 1.165) is 24.8 Å². The van der Waals surface area contributed by atoms with Gasteiger partial charge in [-0.1, -0.05) is 35.4 Å². The molecule has 2 aromatic carbocycles. The Kier molecular flexibility index (Phi) is 7.26. The van der Waals surface area contributed by atoms with Gasteiger partial charge in [-0.25, -0.2) is 0 Å². The predicted octanol–water partition coefficient (Wildman–Crippen LogP) is 4.89. The van der Waals surface area contributed by atoms with Crippen molar-refractivity contribution in [1.29, 1.82) is 0 Å². The molecule has 2 N–H and O–H groups in total. The molecule has 3 rings (SSSR count). The van der Waals surface area contributed by atoms with Gasteiger partial charge in [0, 0.05) is 29.2 Å². The van der Waals surface area contributed by atoms with Gasteiger partial charge >= 0.3 is 0 Å². The molecule has 146 valence electrons. The van der Waals surface area contributed by atoms with E-state index >= 15 is 0 Å². The van der Waals surface area contributed by atoms with Crippen LogP contribution in [0.25, 0.3) is 0 Å². The van der Waals surface area contributed by atoms with Gasteiger partial charge in [0.2, 0.25) is 0 Å². The van der Waals surface area contributed by atoms with Crippen molar-refractivity contribution in [2.24, 2.45) is 0 Å². The molecule has 0 aromatic heterocycles. The Balaban J connectivity index is 1.46. The molecule has 4 nitrogen and oxygen atoms in total. The maximum Gasteiger partial charge on any atom is 0.251 e. The lowest BCUT2D eigenvalue weighted by Crippen LogP contribution is -2.25. The van der Waals surface area contributed by atoms with Gasteiger partial charge in [-0.2, -0.15) is 0 Å². The minimum absolute atomic E-state index is 0.107. The molecule has 0 radical (unpaired) electrons.